The number of hydrogen-bond donors (Lipinski definition) is 0. The first-order chi connectivity index (χ1) is 9.00. The van der Waals surface area contributed by atoms with Crippen molar-refractivity contribution in [3.8, 4) is 0 Å². The number of hydrogen-bond acceptors (Lipinski definition) is 1. The van der Waals surface area contributed by atoms with E-state index in [0.29, 0.717) is 0 Å². The van der Waals surface area contributed by atoms with Crippen LogP contribution in [0.5, 0.6) is 0 Å². The summed E-state index contributed by atoms with van der Waals surface area (Å²) in [5.41, 5.74) is 4.62. The molecule has 98 valence electrons. The molecule has 0 aliphatic heterocycles. The molecule has 1 nitrogen and oxygen atoms in total. The largest absolute Gasteiger partial charge is 0.298 e. The number of carbonyl (C=O) groups is 1. The topological polar surface area (TPSA) is 17.1 Å². The molecular weight excluding hydrogens is 232 g/mol. The van der Waals surface area contributed by atoms with E-state index in [-0.39, 0.29) is 5.41 Å². The first-order valence-corrected chi connectivity index (χ1v) is 6.63. The smallest absolute Gasteiger partial charge is 0.150 e. The average Bonchev–Trinajstić information content (AvgIpc) is 2.39. The van der Waals surface area contributed by atoms with Crippen molar-refractivity contribution in [2.24, 2.45) is 0 Å². The Morgan fingerprint density at radius 3 is 2.16 bits per heavy atom. The van der Waals surface area contributed by atoms with Crippen LogP contribution in [0, 0.1) is 0 Å². The average molecular weight is 252 g/mol. The monoisotopic (exact) mass is 252 g/mol. The maximum Gasteiger partial charge on any atom is 0.150 e. The van der Waals surface area contributed by atoms with Gasteiger partial charge in [0, 0.05) is 5.56 Å². The molecule has 19 heavy (non-hydrogen) atoms. The molecule has 0 atom stereocenters. The summed E-state index contributed by atoms with van der Waals surface area (Å²) in [5.74, 6) is 0. The summed E-state index contributed by atoms with van der Waals surface area (Å²) >= 11 is 0. The van der Waals surface area contributed by atoms with E-state index in [1.54, 1.807) is 0 Å². The van der Waals surface area contributed by atoms with Crippen molar-refractivity contribution < 1.29 is 4.79 Å². The van der Waals surface area contributed by atoms with Gasteiger partial charge in [0.2, 0.25) is 0 Å². The van der Waals surface area contributed by atoms with E-state index in [0.717, 1.165) is 23.8 Å². The molecule has 0 saturated carbocycles. The minimum absolute atomic E-state index is 0.180. The summed E-state index contributed by atoms with van der Waals surface area (Å²) in [7, 11) is 0. The normalized spacial score (nSPS) is 11.3. The molecule has 0 fully saturated rings. The zero-order valence-corrected chi connectivity index (χ0v) is 11.8. The highest BCUT2D eigenvalue weighted by Gasteiger charge is 2.12. The lowest BCUT2D eigenvalue weighted by atomic mass is 9.86. The van der Waals surface area contributed by atoms with E-state index in [1.807, 2.05) is 24.3 Å². The van der Waals surface area contributed by atoms with Gasteiger partial charge >= 0.3 is 0 Å². The van der Waals surface area contributed by atoms with Crippen molar-refractivity contribution in [1.29, 1.82) is 0 Å². The molecule has 2 rings (SSSR count). The van der Waals surface area contributed by atoms with Gasteiger partial charge in [-0.3, -0.25) is 4.79 Å². The van der Waals surface area contributed by atoms with Crippen LogP contribution >= 0.6 is 0 Å². The highest BCUT2D eigenvalue weighted by Crippen LogP contribution is 2.23. The van der Waals surface area contributed by atoms with Gasteiger partial charge in [-0.25, -0.2) is 0 Å². The second-order valence-corrected chi connectivity index (χ2v) is 5.94. The molecular formula is C18H20O. The highest BCUT2D eigenvalue weighted by molar-refractivity contribution is 5.77. The molecule has 0 aliphatic carbocycles. The molecule has 0 aromatic heterocycles. The van der Waals surface area contributed by atoms with Gasteiger partial charge in [0.1, 0.15) is 6.29 Å². The minimum Gasteiger partial charge on any atom is -0.298 e. The van der Waals surface area contributed by atoms with E-state index in [9.17, 15) is 4.79 Å². The van der Waals surface area contributed by atoms with Crippen molar-refractivity contribution in [2.75, 3.05) is 0 Å². The second kappa shape index (κ2) is 5.40. The zero-order valence-electron chi connectivity index (χ0n) is 11.8. The van der Waals surface area contributed by atoms with E-state index in [2.05, 4.69) is 45.0 Å². The van der Waals surface area contributed by atoms with Gasteiger partial charge in [0.05, 0.1) is 0 Å². The second-order valence-electron chi connectivity index (χ2n) is 5.94. The van der Waals surface area contributed by atoms with Gasteiger partial charge in [-0.1, -0.05) is 69.3 Å². The Bertz CT molecular complexity index is 559. The lowest BCUT2D eigenvalue weighted by Crippen LogP contribution is -2.10. The maximum absolute atomic E-state index is 11.0. The SMILES string of the molecule is CC(C)(C)c1ccc(Cc2ccccc2C=O)cc1. The van der Waals surface area contributed by atoms with Gasteiger partial charge in [-0.2, -0.15) is 0 Å². The maximum atomic E-state index is 11.0. The molecule has 0 unspecified atom stereocenters. The molecule has 0 amide bonds. The number of aldehydes is 1. The Balaban J connectivity index is 2.22. The Kier molecular flexibility index (Phi) is 3.84. The molecule has 2 aromatic rings. The molecule has 0 aliphatic rings. The molecule has 0 bridgehead atoms. The summed E-state index contributed by atoms with van der Waals surface area (Å²) < 4.78 is 0. The molecule has 0 N–H and O–H groups in total. The highest BCUT2D eigenvalue weighted by atomic mass is 16.1. The fourth-order valence-corrected chi connectivity index (χ4v) is 2.15. The van der Waals surface area contributed by atoms with Crippen LogP contribution in [0.2, 0.25) is 0 Å². The Labute approximate surface area is 115 Å². The van der Waals surface area contributed by atoms with Gasteiger partial charge in [0.15, 0.2) is 0 Å². The Morgan fingerprint density at radius 1 is 0.947 bits per heavy atom. The third-order valence-corrected chi connectivity index (χ3v) is 3.40. The lowest BCUT2D eigenvalue weighted by molar-refractivity contribution is 0.112. The molecule has 2 aromatic carbocycles. The van der Waals surface area contributed by atoms with Crippen molar-refractivity contribution in [3.63, 3.8) is 0 Å². The van der Waals surface area contributed by atoms with Crippen LogP contribution in [0.15, 0.2) is 48.5 Å². The van der Waals surface area contributed by atoms with Crippen LogP contribution in [0.25, 0.3) is 0 Å². The lowest BCUT2D eigenvalue weighted by Gasteiger charge is -2.19. The van der Waals surface area contributed by atoms with Crippen LogP contribution in [-0.4, -0.2) is 6.29 Å². The molecule has 0 spiro atoms. The zero-order chi connectivity index (χ0) is 13.9. The minimum atomic E-state index is 0.180. The van der Waals surface area contributed by atoms with E-state index >= 15 is 0 Å². The number of rotatable bonds is 3. The predicted octanol–water partition coefficient (Wildman–Crippen LogP) is 4.39. The summed E-state index contributed by atoms with van der Waals surface area (Å²) in [6.07, 6.45) is 1.73. The third-order valence-electron chi connectivity index (χ3n) is 3.40. The first kappa shape index (κ1) is 13.5. The summed E-state index contributed by atoms with van der Waals surface area (Å²) in [5, 5.41) is 0. The predicted molar refractivity (Wildman–Crippen MR) is 79.8 cm³/mol. The Hall–Kier alpha value is -1.89. The van der Waals surface area contributed by atoms with Crippen LogP contribution in [0.3, 0.4) is 0 Å². The van der Waals surface area contributed by atoms with E-state index < -0.39 is 0 Å². The molecule has 0 radical (unpaired) electrons. The van der Waals surface area contributed by atoms with E-state index in [4.69, 9.17) is 0 Å². The van der Waals surface area contributed by atoms with Crippen LogP contribution in [0.1, 0.15) is 47.8 Å². The third kappa shape index (κ3) is 3.31. The standard InChI is InChI=1S/C18H20O/c1-18(2,3)17-10-8-14(9-11-17)12-15-6-4-5-7-16(15)13-19/h4-11,13H,12H2,1-3H3. The fraction of sp³-hybridized carbons (Fsp3) is 0.278. The van der Waals surface area contributed by atoms with Crippen molar-refractivity contribution in [1.82, 2.24) is 0 Å². The van der Waals surface area contributed by atoms with Crippen LogP contribution in [0.4, 0.5) is 0 Å². The number of carbonyl (C=O) groups excluding carboxylic acids is 1. The quantitative estimate of drug-likeness (QED) is 0.740. The summed E-state index contributed by atoms with van der Waals surface area (Å²) in [6.45, 7) is 6.64. The van der Waals surface area contributed by atoms with E-state index in [1.165, 1.54) is 11.1 Å². The van der Waals surface area contributed by atoms with Gasteiger partial charge in [0.25, 0.3) is 0 Å². The molecule has 1 heteroatoms. The van der Waals surface area contributed by atoms with Gasteiger partial charge in [-0.05, 0) is 28.5 Å². The number of benzene rings is 2. The Morgan fingerprint density at radius 2 is 1.58 bits per heavy atom. The first-order valence-electron chi connectivity index (χ1n) is 6.63. The summed E-state index contributed by atoms with van der Waals surface area (Å²) in [4.78, 5) is 11.0. The van der Waals surface area contributed by atoms with Crippen molar-refractivity contribution >= 4 is 6.29 Å². The van der Waals surface area contributed by atoms with Crippen molar-refractivity contribution in [2.45, 2.75) is 32.6 Å². The van der Waals surface area contributed by atoms with Crippen LogP contribution < -0.4 is 0 Å². The fourth-order valence-electron chi connectivity index (χ4n) is 2.15. The van der Waals surface area contributed by atoms with Gasteiger partial charge < -0.3 is 0 Å². The van der Waals surface area contributed by atoms with Gasteiger partial charge in [-0.15, -0.1) is 0 Å². The summed E-state index contributed by atoms with van der Waals surface area (Å²) in [6, 6.07) is 16.4. The van der Waals surface area contributed by atoms with Crippen LogP contribution in [-0.2, 0) is 11.8 Å². The molecule has 0 saturated heterocycles. The van der Waals surface area contributed by atoms with Crippen molar-refractivity contribution in [3.05, 3.63) is 70.8 Å². The molecule has 0 heterocycles.